The molecule has 7 heteroatoms. The fourth-order valence-corrected chi connectivity index (χ4v) is 6.45. The minimum Gasteiger partial charge on any atom is -0.458 e. The second-order valence-corrected chi connectivity index (χ2v) is 10.7. The number of hydrogen-bond donors (Lipinski definition) is 1. The smallest absolute Gasteiger partial charge is 0.303 e. The van der Waals surface area contributed by atoms with Crippen LogP contribution in [0.4, 0.5) is 14.5 Å². The predicted octanol–water partition coefficient (Wildman–Crippen LogP) is 4.40. The number of piperazine rings is 1. The summed E-state index contributed by atoms with van der Waals surface area (Å²) >= 11 is 0. The van der Waals surface area contributed by atoms with Gasteiger partial charge in [0.05, 0.1) is 11.3 Å². The molecule has 1 heterocycles. The maximum absolute atomic E-state index is 14.2. The second kappa shape index (κ2) is 9.94. The molecule has 1 aromatic rings. The maximum atomic E-state index is 14.2. The average molecular weight is 477 g/mol. The van der Waals surface area contributed by atoms with Crippen molar-refractivity contribution >= 4 is 11.7 Å². The molecule has 0 amide bonds. The van der Waals surface area contributed by atoms with Crippen molar-refractivity contribution in [2.24, 2.45) is 23.7 Å². The molecule has 1 N–H and O–H groups in total. The quantitative estimate of drug-likeness (QED) is 0.504. The Balaban J connectivity index is 1.41. The van der Waals surface area contributed by atoms with Gasteiger partial charge in [0.15, 0.2) is 0 Å². The summed E-state index contributed by atoms with van der Waals surface area (Å²) in [5.74, 6) is -0.446. The lowest BCUT2D eigenvalue weighted by Gasteiger charge is -2.53. The van der Waals surface area contributed by atoms with Crippen molar-refractivity contribution in [3.8, 4) is 0 Å². The zero-order valence-electron chi connectivity index (χ0n) is 20.8. The summed E-state index contributed by atoms with van der Waals surface area (Å²) in [6, 6.07) is 3.78. The molecule has 0 spiro atoms. The van der Waals surface area contributed by atoms with Gasteiger partial charge in [-0.25, -0.2) is 8.78 Å². The fraction of sp³-hybridized carbons (Fsp3) is 0.667. The third-order valence-corrected chi connectivity index (χ3v) is 8.50. The summed E-state index contributed by atoms with van der Waals surface area (Å²) in [6.45, 7) is 11.8. The Morgan fingerprint density at radius 1 is 1.24 bits per heavy atom. The van der Waals surface area contributed by atoms with E-state index in [9.17, 15) is 18.7 Å². The van der Waals surface area contributed by atoms with Crippen LogP contribution >= 0.6 is 0 Å². The van der Waals surface area contributed by atoms with Crippen molar-refractivity contribution < 1.29 is 23.4 Å². The van der Waals surface area contributed by atoms with Crippen LogP contribution in [-0.4, -0.2) is 60.4 Å². The first-order valence-corrected chi connectivity index (χ1v) is 12.6. The van der Waals surface area contributed by atoms with Crippen molar-refractivity contribution in [2.75, 3.05) is 37.6 Å². The zero-order chi connectivity index (χ0) is 24.6. The molecule has 6 atom stereocenters. The Bertz CT molecular complexity index is 930. The van der Waals surface area contributed by atoms with Crippen molar-refractivity contribution in [2.45, 2.75) is 58.7 Å². The predicted molar refractivity (Wildman–Crippen MR) is 128 cm³/mol. The van der Waals surface area contributed by atoms with Crippen molar-refractivity contribution in [1.82, 2.24) is 4.90 Å². The topological polar surface area (TPSA) is 53.0 Å². The van der Waals surface area contributed by atoms with E-state index in [1.54, 1.807) is 0 Å². The second-order valence-electron chi connectivity index (χ2n) is 10.7. The van der Waals surface area contributed by atoms with E-state index in [1.807, 2.05) is 11.8 Å². The van der Waals surface area contributed by atoms with Gasteiger partial charge in [-0.2, -0.15) is 0 Å². The van der Waals surface area contributed by atoms with Gasteiger partial charge in [-0.15, -0.1) is 0 Å². The van der Waals surface area contributed by atoms with Gasteiger partial charge in [0.1, 0.15) is 17.7 Å². The summed E-state index contributed by atoms with van der Waals surface area (Å²) < 4.78 is 33.0. The van der Waals surface area contributed by atoms with Crippen molar-refractivity contribution in [3.05, 3.63) is 41.5 Å². The standard InChI is InChI=1S/C27H38F2N2O3/c1-17-13-23-22(7-5-19(3)27(23,33)15-26(17)34-20(4)32)18(2)16-30-9-11-31(12-10-30)25-8-6-21(28)14-24(25)29/h6,8,13-14,18-19,22-23,26,33H,5,7,9-12,15-16H2,1-4H3/t18?,19-,22+,23-,26-,27-/m1/s1. The highest BCUT2D eigenvalue weighted by Crippen LogP contribution is 2.51. The highest BCUT2D eigenvalue weighted by atomic mass is 19.1. The Hall–Kier alpha value is -1.99. The highest BCUT2D eigenvalue weighted by Gasteiger charge is 2.52. The van der Waals surface area contributed by atoms with Crippen LogP contribution in [-0.2, 0) is 9.53 Å². The molecule has 1 aromatic carbocycles. The molecule has 1 unspecified atom stereocenters. The molecule has 2 fully saturated rings. The van der Waals surface area contributed by atoms with Gasteiger partial charge in [-0.1, -0.05) is 19.9 Å². The van der Waals surface area contributed by atoms with E-state index in [2.05, 4.69) is 24.8 Å². The van der Waals surface area contributed by atoms with Crippen LogP contribution in [0, 0.1) is 35.3 Å². The molecule has 1 saturated heterocycles. The molecule has 34 heavy (non-hydrogen) atoms. The summed E-state index contributed by atoms with van der Waals surface area (Å²) in [7, 11) is 0. The van der Waals surface area contributed by atoms with E-state index in [-0.39, 0.29) is 23.9 Å². The minimum absolute atomic E-state index is 0.0488. The largest absolute Gasteiger partial charge is 0.458 e. The van der Waals surface area contributed by atoms with Gasteiger partial charge in [0.25, 0.3) is 0 Å². The Morgan fingerprint density at radius 3 is 2.59 bits per heavy atom. The summed E-state index contributed by atoms with van der Waals surface area (Å²) in [5, 5.41) is 11.8. The number of rotatable bonds is 5. The molecular formula is C27H38F2N2O3. The average Bonchev–Trinajstić information content (AvgIpc) is 2.76. The molecule has 5 nitrogen and oxygen atoms in total. The lowest BCUT2D eigenvalue weighted by atomic mass is 9.57. The third-order valence-electron chi connectivity index (χ3n) is 8.50. The normalized spacial score (nSPS) is 33.1. The zero-order valence-corrected chi connectivity index (χ0v) is 20.8. The SMILES string of the molecule is CC(=O)O[C@@H]1C[C@@]2(O)[C@H](C)CC[C@@H](C(C)CN3CCN(c4ccc(F)cc4F)CC3)[C@H]2C=C1C. The third kappa shape index (κ3) is 5.01. The molecular weight excluding hydrogens is 438 g/mol. The molecule has 2 aliphatic carbocycles. The molecule has 3 aliphatic rings. The van der Waals surface area contributed by atoms with Gasteiger partial charge in [0, 0.05) is 58.1 Å². The Labute approximate surface area is 201 Å². The first-order valence-electron chi connectivity index (χ1n) is 12.6. The molecule has 188 valence electrons. The van der Waals surface area contributed by atoms with Gasteiger partial charge in [-0.05, 0) is 55.2 Å². The monoisotopic (exact) mass is 476 g/mol. The fourth-order valence-electron chi connectivity index (χ4n) is 6.45. The summed E-state index contributed by atoms with van der Waals surface area (Å²) in [5.41, 5.74) is 0.631. The van der Waals surface area contributed by atoms with Gasteiger partial charge >= 0.3 is 5.97 Å². The van der Waals surface area contributed by atoms with Crippen LogP contribution < -0.4 is 4.90 Å². The van der Waals surface area contributed by atoms with Crippen LogP contribution in [0.1, 0.15) is 47.0 Å². The Morgan fingerprint density at radius 2 is 1.94 bits per heavy atom. The number of carbonyl (C=O) groups excluding carboxylic acids is 1. The number of halogens is 2. The molecule has 0 bridgehead atoms. The number of benzene rings is 1. The minimum atomic E-state index is -0.865. The van der Waals surface area contributed by atoms with Crippen LogP contribution in [0.3, 0.4) is 0 Å². The molecule has 4 rings (SSSR count). The van der Waals surface area contributed by atoms with Gasteiger partial charge < -0.3 is 14.7 Å². The number of hydrogen-bond acceptors (Lipinski definition) is 5. The highest BCUT2D eigenvalue weighted by molar-refractivity contribution is 5.66. The summed E-state index contributed by atoms with van der Waals surface area (Å²) in [4.78, 5) is 16.0. The first-order chi connectivity index (χ1) is 16.1. The number of esters is 1. The maximum Gasteiger partial charge on any atom is 0.303 e. The van der Waals surface area contributed by atoms with Gasteiger partial charge in [-0.3, -0.25) is 9.69 Å². The van der Waals surface area contributed by atoms with Crippen LogP contribution in [0.5, 0.6) is 0 Å². The first kappa shape index (κ1) is 25.1. The van der Waals surface area contributed by atoms with Crippen LogP contribution in [0.25, 0.3) is 0 Å². The number of anilines is 1. The van der Waals surface area contributed by atoms with E-state index in [4.69, 9.17) is 4.74 Å². The number of ether oxygens (including phenoxy) is 1. The van der Waals surface area contributed by atoms with E-state index in [1.165, 1.54) is 19.1 Å². The number of carbonyl (C=O) groups is 1. The lowest BCUT2D eigenvalue weighted by Crippen LogP contribution is -2.56. The summed E-state index contributed by atoms with van der Waals surface area (Å²) in [6.07, 6.45) is 4.31. The number of fused-ring (bicyclic) bond motifs is 1. The number of aliphatic hydroxyl groups is 1. The molecule has 0 radical (unpaired) electrons. The van der Waals surface area contributed by atoms with Crippen molar-refractivity contribution in [1.29, 1.82) is 0 Å². The van der Waals surface area contributed by atoms with Crippen molar-refractivity contribution in [3.63, 3.8) is 0 Å². The molecule has 1 saturated carbocycles. The van der Waals surface area contributed by atoms with E-state index in [0.717, 1.165) is 44.1 Å². The van der Waals surface area contributed by atoms with Crippen LogP contribution in [0.15, 0.2) is 29.8 Å². The molecule has 0 aromatic heterocycles. The van der Waals surface area contributed by atoms with E-state index < -0.39 is 17.2 Å². The van der Waals surface area contributed by atoms with Gasteiger partial charge in [0.2, 0.25) is 0 Å². The molecule has 1 aliphatic heterocycles. The van der Waals surface area contributed by atoms with E-state index >= 15 is 0 Å². The lowest BCUT2D eigenvalue weighted by molar-refractivity contribution is -0.159. The Kier molecular flexibility index (Phi) is 7.34. The number of nitrogens with zero attached hydrogens (tertiary/aromatic N) is 2. The van der Waals surface area contributed by atoms with Crippen LogP contribution in [0.2, 0.25) is 0 Å². The van der Waals surface area contributed by atoms with E-state index in [0.29, 0.717) is 37.0 Å².